The lowest BCUT2D eigenvalue weighted by atomic mass is 9.83. The largest absolute Gasteiger partial charge is 0.311 e. The molecular weight excluding hydrogens is 254 g/mol. The van der Waals surface area contributed by atoms with Gasteiger partial charge in [-0.3, -0.25) is 0 Å². The van der Waals surface area contributed by atoms with Crippen molar-refractivity contribution in [2.75, 3.05) is 6.54 Å². The van der Waals surface area contributed by atoms with Crippen LogP contribution in [-0.4, -0.2) is 12.1 Å². The third-order valence-electron chi connectivity index (χ3n) is 4.85. The predicted molar refractivity (Wildman–Crippen MR) is 93.0 cm³/mol. The first-order valence-corrected chi connectivity index (χ1v) is 8.72. The smallest absolute Gasteiger partial charge is 0.00967 e. The summed E-state index contributed by atoms with van der Waals surface area (Å²) in [5.41, 5.74) is 3.19. The molecule has 1 N–H and O–H groups in total. The Bertz CT molecular complexity index is 418. The quantitative estimate of drug-likeness (QED) is 0.757. The third-order valence-corrected chi connectivity index (χ3v) is 4.85. The molecule has 0 aliphatic heterocycles. The normalized spacial score (nSPS) is 18.4. The molecule has 0 bridgehead atoms. The van der Waals surface area contributed by atoms with Crippen LogP contribution in [0.15, 0.2) is 24.3 Å². The molecule has 0 radical (unpaired) electrons. The first-order valence-electron chi connectivity index (χ1n) is 8.72. The fourth-order valence-corrected chi connectivity index (χ4v) is 3.46. The van der Waals surface area contributed by atoms with Gasteiger partial charge in [-0.2, -0.15) is 0 Å². The number of hydrogen-bond acceptors (Lipinski definition) is 1. The molecule has 21 heavy (non-hydrogen) atoms. The highest BCUT2D eigenvalue weighted by Crippen LogP contribution is 2.37. The summed E-state index contributed by atoms with van der Waals surface area (Å²) in [5, 5.41) is 3.73. The molecule has 118 valence electrons. The van der Waals surface area contributed by atoms with Crippen molar-refractivity contribution >= 4 is 0 Å². The maximum atomic E-state index is 3.73. The minimum Gasteiger partial charge on any atom is -0.311 e. The number of benzene rings is 1. The van der Waals surface area contributed by atoms with Crippen LogP contribution in [0.25, 0.3) is 0 Å². The zero-order chi connectivity index (χ0) is 15.5. The van der Waals surface area contributed by atoms with Gasteiger partial charge in [0.05, 0.1) is 0 Å². The van der Waals surface area contributed by atoms with Crippen LogP contribution in [0.2, 0.25) is 0 Å². The Morgan fingerprint density at radius 3 is 2.00 bits per heavy atom. The molecule has 1 aromatic rings. The summed E-state index contributed by atoms with van der Waals surface area (Å²) in [6, 6.07) is 9.42. The fourth-order valence-electron chi connectivity index (χ4n) is 3.46. The van der Waals surface area contributed by atoms with E-state index in [2.05, 4.69) is 64.2 Å². The molecule has 1 aliphatic carbocycles. The topological polar surface area (TPSA) is 12.0 Å². The average Bonchev–Trinajstić information content (AvgIpc) is 2.92. The van der Waals surface area contributed by atoms with Gasteiger partial charge >= 0.3 is 0 Å². The molecule has 1 aliphatic rings. The van der Waals surface area contributed by atoms with E-state index in [1.54, 1.807) is 0 Å². The van der Waals surface area contributed by atoms with Crippen molar-refractivity contribution in [3.05, 3.63) is 35.4 Å². The van der Waals surface area contributed by atoms with E-state index in [-0.39, 0.29) is 5.54 Å². The Morgan fingerprint density at radius 1 is 1.00 bits per heavy atom. The van der Waals surface area contributed by atoms with E-state index in [1.807, 2.05) is 0 Å². The van der Waals surface area contributed by atoms with E-state index < -0.39 is 0 Å². The van der Waals surface area contributed by atoms with Gasteiger partial charge in [0.15, 0.2) is 0 Å². The van der Waals surface area contributed by atoms with Gasteiger partial charge in [-0.1, -0.05) is 51.0 Å². The highest BCUT2D eigenvalue weighted by atomic mass is 14.9. The Kier molecular flexibility index (Phi) is 5.48. The van der Waals surface area contributed by atoms with E-state index >= 15 is 0 Å². The van der Waals surface area contributed by atoms with Gasteiger partial charge in [-0.25, -0.2) is 0 Å². The van der Waals surface area contributed by atoms with Crippen molar-refractivity contribution < 1.29 is 0 Å². The number of rotatable bonds is 5. The first-order chi connectivity index (χ1) is 9.87. The molecule has 1 nitrogen and oxygen atoms in total. The minimum atomic E-state index is 0.203. The Morgan fingerprint density at radius 2 is 1.52 bits per heavy atom. The van der Waals surface area contributed by atoms with Crippen LogP contribution < -0.4 is 5.32 Å². The molecule has 0 heterocycles. The summed E-state index contributed by atoms with van der Waals surface area (Å²) in [5.74, 6) is 2.16. The lowest BCUT2D eigenvalue weighted by Crippen LogP contribution is -2.39. The number of hydrogen-bond donors (Lipinski definition) is 1. The average molecular weight is 287 g/mol. The molecule has 1 fully saturated rings. The molecular formula is C20H33N. The van der Waals surface area contributed by atoms with Crippen molar-refractivity contribution in [3.8, 4) is 0 Å². The van der Waals surface area contributed by atoms with Crippen LogP contribution in [0.1, 0.15) is 83.3 Å². The SMILES string of the molecule is CC(C)c1ccc(C(CNC(C)(C)C)C2CCCC2)cc1. The van der Waals surface area contributed by atoms with Gasteiger partial charge in [0.25, 0.3) is 0 Å². The van der Waals surface area contributed by atoms with Gasteiger partial charge < -0.3 is 5.32 Å². The Labute approximate surface area is 131 Å². The molecule has 0 aromatic heterocycles. The van der Waals surface area contributed by atoms with E-state index in [1.165, 1.54) is 36.8 Å². The Balaban J connectivity index is 2.13. The maximum Gasteiger partial charge on any atom is 0.00967 e. The number of nitrogens with one attached hydrogen (secondary N) is 1. The summed E-state index contributed by atoms with van der Waals surface area (Å²) in [4.78, 5) is 0. The van der Waals surface area contributed by atoms with Crippen molar-refractivity contribution in [1.82, 2.24) is 5.32 Å². The van der Waals surface area contributed by atoms with E-state index in [0.29, 0.717) is 11.8 Å². The van der Waals surface area contributed by atoms with Crippen LogP contribution in [0.4, 0.5) is 0 Å². The lowest BCUT2D eigenvalue weighted by molar-refractivity contribution is 0.351. The predicted octanol–water partition coefficient (Wildman–Crippen LogP) is 5.47. The molecule has 1 heteroatoms. The van der Waals surface area contributed by atoms with Gasteiger partial charge in [0.1, 0.15) is 0 Å². The summed E-state index contributed by atoms with van der Waals surface area (Å²) in [6.45, 7) is 12.4. The molecule has 0 saturated heterocycles. The van der Waals surface area contributed by atoms with Crippen molar-refractivity contribution in [1.29, 1.82) is 0 Å². The van der Waals surface area contributed by atoms with Gasteiger partial charge in [-0.15, -0.1) is 0 Å². The van der Waals surface area contributed by atoms with Crippen LogP contribution in [0.5, 0.6) is 0 Å². The summed E-state index contributed by atoms with van der Waals surface area (Å²) < 4.78 is 0. The molecule has 1 aromatic carbocycles. The Hall–Kier alpha value is -0.820. The zero-order valence-corrected chi connectivity index (χ0v) is 14.6. The van der Waals surface area contributed by atoms with Crippen LogP contribution in [-0.2, 0) is 0 Å². The van der Waals surface area contributed by atoms with Crippen LogP contribution >= 0.6 is 0 Å². The standard InChI is InChI=1S/C20H33N/c1-15(2)16-10-12-18(13-11-16)19(14-21-20(3,4)5)17-8-6-7-9-17/h10-13,15,17,19,21H,6-9,14H2,1-5H3. The zero-order valence-electron chi connectivity index (χ0n) is 14.6. The lowest BCUT2D eigenvalue weighted by Gasteiger charge is -2.29. The molecule has 1 atom stereocenters. The molecule has 0 amide bonds. The van der Waals surface area contributed by atoms with E-state index in [4.69, 9.17) is 0 Å². The van der Waals surface area contributed by atoms with Gasteiger partial charge in [0, 0.05) is 12.1 Å². The maximum absolute atomic E-state index is 3.73. The van der Waals surface area contributed by atoms with Gasteiger partial charge in [-0.05, 0) is 62.5 Å². The van der Waals surface area contributed by atoms with Gasteiger partial charge in [0.2, 0.25) is 0 Å². The third kappa shape index (κ3) is 4.85. The summed E-state index contributed by atoms with van der Waals surface area (Å²) in [6.07, 6.45) is 5.65. The summed E-state index contributed by atoms with van der Waals surface area (Å²) in [7, 11) is 0. The van der Waals surface area contributed by atoms with Crippen molar-refractivity contribution in [2.24, 2.45) is 5.92 Å². The second kappa shape index (κ2) is 6.96. The second-order valence-corrected chi connectivity index (χ2v) is 8.10. The van der Waals surface area contributed by atoms with Crippen LogP contribution in [0.3, 0.4) is 0 Å². The van der Waals surface area contributed by atoms with Crippen molar-refractivity contribution in [3.63, 3.8) is 0 Å². The minimum absolute atomic E-state index is 0.203. The van der Waals surface area contributed by atoms with Crippen molar-refractivity contribution in [2.45, 2.75) is 77.7 Å². The highest BCUT2D eigenvalue weighted by molar-refractivity contribution is 5.28. The monoisotopic (exact) mass is 287 g/mol. The molecule has 1 saturated carbocycles. The highest BCUT2D eigenvalue weighted by Gasteiger charge is 2.27. The first kappa shape index (κ1) is 16.5. The van der Waals surface area contributed by atoms with E-state index in [9.17, 15) is 0 Å². The molecule has 0 spiro atoms. The van der Waals surface area contributed by atoms with E-state index in [0.717, 1.165) is 12.5 Å². The fraction of sp³-hybridized carbons (Fsp3) is 0.700. The summed E-state index contributed by atoms with van der Waals surface area (Å²) >= 11 is 0. The second-order valence-electron chi connectivity index (χ2n) is 8.10. The molecule has 1 unspecified atom stereocenters. The molecule has 2 rings (SSSR count). The van der Waals surface area contributed by atoms with Crippen LogP contribution in [0, 0.1) is 5.92 Å².